The molecule has 0 aliphatic rings. The molecule has 1 aromatic rings. The van der Waals surface area contributed by atoms with Crippen LogP contribution in [0.5, 0.6) is 0 Å². The maximum atomic E-state index is 13.0. The quantitative estimate of drug-likeness (QED) is 0.686. The van der Waals surface area contributed by atoms with Crippen LogP contribution in [0.3, 0.4) is 0 Å². The van der Waals surface area contributed by atoms with E-state index in [1.54, 1.807) is 0 Å². The van der Waals surface area contributed by atoms with Crippen LogP contribution in [0, 0.1) is 5.82 Å². The Balaban J connectivity index is 3.25. The summed E-state index contributed by atoms with van der Waals surface area (Å²) in [5.74, 6) is -0.956. The third-order valence-electron chi connectivity index (χ3n) is 2.14. The Labute approximate surface area is 111 Å². The molecule has 4 nitrogen and oxygen atoms in total. The van der Waals surface area contributed by atoms with Crippen molar-refractivity contribution in [3.05, 3.63) is 23.0 Å². The largest absolute Gasteiger partial charge is 0.402 e. The van der Waals surface area contributed by atoms with Crippen molar-refractivity contribution in [2.24, 2.45) is 0 Å². The molecule has 19 heavy (non-hydrogen) atoms. The normalized spacial score (nSPS) is 13.0. The SMILES string of the molecule is CN(CC(F)(F)F)S(=O)(=O)c1cc(N)c(F)cc1Cl. The number of halogens is 5. The van der Waals surface area contributed by atoms with Crippen LogP contribution in [0.25, 0.3) is 0 Å². The summed E-state index contributed by atoms with van der Waals surface area (Å²) in [6.45, 7) is -1.69. The number of alkyl halides is 3. The number of hydrogen-bond donors (Lipinski definition) is 1. The van der Waals surface area contributed by atoms with Crippen molar-refractivity contribution < 1.29 is 26.0 Å². The van der Waals surface area contributed by atoms with E-state index < -0.39 is 44.2 Å². The Bertz CT molecular complexity index is 589. The minimum Gasteiger partial charge on any atom is -0.396 e. The second-order valence-electron chi connectivity index (χ2n) is 3.68. The maximum absolute atomic E-state index is 13.0. The standard InChI is InChI=1S/C9H9ClF4N2O2S/c1-16(4-9(12,13)14)19(17,18)8-3-7(15)6(11)2-5(8)10/h2-3H,4,15H2,1H3. The van der Waals surface area contributed by atoms with Gasteiger partial charge in [-0.15, -0.1) is 0 Å². The van der Waals surface area contributed by atoms with Gasteiger partial charge in [0.2, 0.25) is 10.0 Å². The summed E-state index contributed by atoms with van der Waals surface area (Å²) < 4.78 is 73.3. The van der Waals surface area contributed by atoms with Crippen molar-refractivity contribution >= 4 is 27.3 Å². The fourth-order valence-electron chi connectivity index (χ4n) is 1.25. The summed E-state index contributed by atoms with van der Waals surface area (Å²) in [6.07, 6.45) is -4.71. The van der Waals surface area contributed by atoms with Crippen molar-refractivity contribution in [1.82, 2.24) is 4.31 Å². The molecule has 0 fully saturated rings. The molecular weight excluding hydrogens is 312 g/mol. The van der Waals surface area contributed by atoms with E-state index in [1.165, 1.54) is 0 Å². The van der Waals surface area contributed by atoms with Crippen molar-refractivity contribution in [3.63, 3.8) is 0 Å². The molecule has 0 bridgehead atoms. The summed E-state index contributed by atoms with van der Waals surface area (Å²) >= 11 is 5.52. The summed E-state index contributed by atoms with van der Waals surface area (Å²) in [6, 6.07) is 1.31. The maximum Gasteiger partial charge on any atom is 0.402 e. The Morgan fingerprint density at radius 1 is 1.37 bits per heavy atom. The predicted octanol–water partition coefficient (Wildman–Crippen LogP) is 2.24. The van der Waals surface area contributed by atoms with E-state index in [-0.39, 0.29) is 4.31 Å². The minimum absolute atomic E-state index is 0.0611. The van der Waals surface area contributed by atoms with E-state index in [0.29, 0.717) is 12.1 Å². The number of nitrogen functional groups attached to an aromatic ring is 1. The summed E-state index contributed by atoms with van der Waals surface area (Å²) in [7, 11) is -3.77. The third-order valence-corrected chi connectivity index (χ3v) is 4.41. The van der Waals surface area contributed by atoms with E-state index in [9.17, 15) is 26.0 Å². The molecule has 0 spiro atoms. The molecule has 0 saturated heterocycles. The topological polar surface area (TPSA) is 63.4 Å². The summed E-state index contributed by atoms with van der Waals surface area (Å²) in [5, 5.41) is -0.541. The number of nitrogens with two attached hydrogens (primary N) is 1. The van der Waals surface area contributed by atoms with Crippen LogP contribution in [0.15, 0.2) is 17.0 Å². The highest BCUT2D eigenvalue weighted by molar-refractivity contribution is 7.89. The van der Waals surface area contributed by atoms with Crippen LogP contribution in [0.4, 0.5) is 23.2 Å². The van der Waals surface area contributed by atoms with Gasteiger partial charge in [0, 0.05) is 7.05 Å². The molecule has 0 saturated carbocycles. The molecule has 0 aromatic heterocycles. The highest BCUT2D eigenvalue weighted by Crippen LogP contribution is 2.29. The van der Waals surface area contributed by atoms with Crippen LogP contribution in [0.2, 0.25) is 5.02 Å². The molecule has 1 aromatic carbocycles. The minimum atomic E-state index is -4.71. The second-order valence-corrected chi connectivity index (χ2v) is 6.10. The number of benzene rings is 1. The van der Waals surface area contributed by atoms with Crippen LogP contribution in [-0.2, 0) is 10.0 Å². The molecule has 0 radical (unpaired) electrons. The van der Waals surface area contributed by atoms with Gasteiger partial charge in [0.1, 0.15) is 17.3 Å². The molecule has 0 amide bonds. The van der Waals surface area contributed by atoms with E-state index in [0.717, 1.165) is 7.05 Å². The Hall–Kier alpha value is -1.06. The molecule has 1 rings (SSSR count). The first kappa shape index (κ1) is 16.0. The number of anilines is 1. The fourth-order valence-corrected chi connectivity index (χ4v) is 2.92. The second kappa shape index (κ2) is 5.14. The van der Waals surface area contributed by atoms with Gasteiger partial charge in [0.05, 0.1) is 10.7 Å². The summed E-state index contributed by atoms with van der Waals surface area (Å²) in [5.41, 5.74) is 4.65. The average Bonchev–Trinajstić information content (AvgIpc) is 2.20. The number of nitrogens with zero attached hydrogens (tertiary/aromatic N) is 1. The first-order chi connectivity index (χ1) is 8.45. The molecular formula is C9H9ClF4N2O2S. The first-order valence-corrected chi connectivity index (χ1v) is 6.54. The zero-order valence-corrected chi connectivity index (χ0v) is 11.1. The van der Waals surface area contributed by atoms with Gasteiger partial charge < -0.3 is 5.73 Å². The summed E-state index contributed by atoms with van der Waals surface area (Å²) in [4.78, 5) is -0.681. The van der Waals surface area contributed by atoms with Gasteiger partial charge in [-0.1, -0.05) is 11.6 Å². The first-order valence-electron chi connectivity index (χ1n) is 4.73. The van der Waals surface area contributed by atoms with Gasteiger partial charge in [-0.2, -0.15) is 17.5 Å². The smallest absolute Gasteiger partial charge is 0.396 e. The van der Waals surface area contributed by atoms with Crippen LogP contribution in [-0.4, -0.2) is 32.5 Å². The lowest BCUT2D eigenvalue weighted by Crippen LogP contribution is -2.36. The average molecular weight is 321 g/mol. The molecule has 0 unspecified atom stereocenters. The van der Waals surface area contributed by atoms with Gasteiger partial charge in [-0.25, -0.2) is 12.8 Å². The Morgan fingerprint density at radius 3 is 2.37 bits per heavy atom. The molecule has 0 aliphatic carbocycles. The molecule has 2 N–H and O–H groups in total. The lowest BCUT2D eigenvalue weighted by Gasteiger charge is -2.19. The number of hydrogen-bond acceptors (Lipinski definition) is 3. The molecule has 0 atom stereocenters. The van der Waals surface area contributed by atoms with Gasteiger partial charge in [0.15, 0.2) is 0 Å². The zero-order chi connectivity index (χ0) is 15.0. The monoisotopic (exact) mass is 320 g/mol. The lowest BCUT2D eigenvalue weighted by atomic mass is 10.3. The highest BCUT2D eigenvalue weighted by atomic mass is 35.5. The van der Waals surface area contributed by atoms with Crippen molar-refractivity contribution in [2.45, 2.75) is 11.1 Å². The van der Waals surface area contributed by atoms with Gasteiger partial charge in [0.25, 0.3) is 0 Å². The number of rotatable bonds is 3. The number of sulfonamides is 1. The highest BCUT2D eigenvalue weighted by Gasteiger charge is 2.35. The van der Waals surface area contributed by atoms with E-state index >= 15 is 0 Å². The van der Waals surface area contributed by atoms with E-state index in [4.69, 9.17) is 17.3 Å². The van der Waals surface area contributed by atoms with Crippen molar-refractivity contribution in [3.8, 4) is 0 Å². The molecule has 0 aliphatic heterocycles. The van der Waals surface area contributed by atoms with Crippen molar-refractivity contribution in [2.75, 3.05) is 19.3 Å². The zero-order valence-electron chi connectivity index (χ0n) is 9.50. The van der Waals surface area contributed by atoms with Crippen LogP contribution >= 0.6 is 11.6 Å². The Morgan fingerprint density at radius 2 is 1.89 bits per heavy atom. The molecule has 0 heterocycles. The van der Waals surface area contributed by atoms with Crippen LogP contribution in [0.1, 0.15) is 0 Å². The Kier molecular flexibility index (Phi) is 4.33. The van der Waals surface area contributed by atoms with Crippen molar-refractivity contribution in [1.29, 1.82) is 0 Å². The molecule has 10 heteroatoms. The molecule has 108 valence electrons. The fraction of sp³-hybridized carbons (Fsp3) is 0.333. The van der Waals surface area contributed by atoms with Gasteiger partial charge in [-0.3, -0.25) is 0 Å². The van der Waals surface area contributed by atoms with E-state index in [1.807, 2.05) is 0 Å². The van der Waals surface area contributed by atoms with E-state index in [2.05, 4.69) is 0 Å². The predicted molar refractivity (Wildman–Crippen MR) is 61.7 cm³/mol. The van der Waals surface area contributed by atoms with Gasteiger partial charge in [-0.05, 0) is 12.1 Å². The van der Waals surface area contributed by atoms with Crippen LogP contribution < -0.4 is 5.73 Å². The third kappa shape index (κ3) is 3.71. The van der Waals surface area contributed by atoms with Gasteiger partial charge >= 0.3 is 6.18 Å². The lowest BCUT2D eigenvalue weighted by molar-refractivity contribution is -0.134.